The van der Waals surface area contributed by atoms with Gasteiger partial charge < -0.3 is 9.64 Å². The number of ether oxygens (including phenoxy) is 1. The molecule has 2 aromatic rings. The summed E-state index contributed by atoms with van der Waals surface area (Å²) in [6, 6.07) is 12.3. The van der Waals surface area contributed by atoms with Gasteiger partial charge in [0.2, 0.25) is 5.75 Å². The largest absolute Gasteiger partial charge is 0.450 e. The van der Waals surface area contributed by atoms with Crippen LogP contribution < -0.4 is 9.64 Å². The number of benzene rings is 2. The normalized spacial score (nSPS) is 10.2. The smallest absolute Gasteiger partial charge is 0.311 e. The van der Waals surface area contributed by atoms with Crippen molar-refractivity contribution in [2.75, 3.05) is 19.0 Å². The quantitative estimate of drug-likeness (QED) is 0.457. The van der Waals surface area contributed by atoms with Gasteiger partial charge in [-0.05, 0) is 23.8 Å². The summed E-state index contributed by atoms with van der Waals surface area (Å²) < 4.78 is 5.68. The number of halogens is 1. The molecule has 0 aliphatic carbocycles. The van der Waals surface area contributed by atoms with Gasteiger partial charge in [-0.2, -0.15) is 0 Å². The molecule has 21 heavy (non-hydrogen) atoms. The van der Waals surface area contributed by atoms with Gasteiger partial charge >= 0.3 is 5.69 Å². The van der Waals surface area contributed by atoms with Crippen LogP contribution in [-0.4, -0.2) is 19.0 Å². The van der Waals surface area contributed by atoms with E-state index >= 15 is 0 Å². The van der Waals surface area contributed by atoms with E-state index in [4.69, 9.17) is 4.74 Å². The molecule has 0 radical (unpaired) electrons. The highest BCUT2D eigenvalue weighted by Crippen LogP contribution is 2.33. The van der Waals surface area contributed by atoms with E-state index < -0.39 is 4.92 Å². The molecule has 0 spiro atoms. The fourth-order valence-electron chi connectivity index (χ4n) is 1.83. The predicted molar refractivity (Wildman–Crippen MR) is 86.6 cm³/mol. The summed E-state index contributed by atoms with van der Waals surface area (Å²) in [5, 5.41) is 11.7. The molecular formula is C15H15BrN2O3. The Morgan fingerprint density at radius 1 is 1.24 bits per heavy atom. The predicted octanol–water partition coefficient (Wildman–Crippen LogP) is 4.35. The van der Waals surface area contributed by atoms with Crippen molar-refractivity contribution in [3.05, 3.63) is 58.1 Å². The second-order valence-corrected chi connectivity index (χ2v) is 5.25. The third kappa shape index (κ3) is 3.72. The van der Waals surface area contributed by atoms with Crippen LogP contribution >= 0.6 is 15.9 Å². The second kappa shape index (κ2) is 6.58. The minimum absolute atomic E-state index is 0.0396. The minimum Gasteiger partial charge on any atom is -0.450 e. The van der Waals surface area contributed by atoms with Crippen molar-refractivity contribution in [3.8, 4) is 11.5 Å². The van der Waals surface area contributed by atoms with Crippen molar-refractivity contribution in [3.63, 3.8) is 0 Å². The molecule has 0 aliphatic heterocycles. The molecule has 5 nitrogen and oxygen atoms in total. The van der Waals surface area contributed by atoms with Gasteiger partial charge in [0.05, 0.1) is 4.92 Å². The zero-order valence-corrected chi connectivity index (χ0v) is 13.3. The number of alkyl halides is 1. The van der Waals surface area contributed by atoms with Crippen LogP contribution in [0.15, 0.2) is 42.5 Å². The molecule has 110 valence electrons. The first-order chi connectivity index (χ1) is 10.0. The van der Waals surface area contributed by atoms with E-state index in [1.807, 2.05) is 37.2 Å². The number of nitrogens with zero attached hydrogens (tertiary/aromatic N) is 2. The maximum Gasteiger partial charge on any atom is 0.311 e. The Morgan fingerprint density at radius 3 is 2.62 bits per heavy atom. The first-order valence-electron chi connectivity index (χ1n) is 6.30. The second-order valence-electron chi connectivity index (χ2n) is 4.69. The standard InChI is InChI=1S/C15H15BrN2O3/c1-17(2)12-4-3-5-13(9-12)21-15-7-6-11(10-16)8-14(15)18(19)20/h3-9H,10H2,1-2H3. The van der Waals surface area contributed by atoms with Crippen LogP contribution in [-0.2, 0) is 5.33 Å². The van der Waals surface area contributed by atoms with E-state index in [0.717, 1.165) is 11.3 Å². The number of hydrogen-bond acceptors (Lipinski definition) is 4. The van der Waals surface area contributed by atoms with E-state index in [1.165, 1.54) is 6.07 Å². The third-order valence-corrected chi connectivity index (χ3v) is 3.58. The zero-order valence-electron chi connectivity index (χ0n) is 11.7. The van der Waals surface area contributed by atoms with Crippen molar-refractivity contribution < 1.29 is 9.66 Å². The van der Waals surface area contributed by atoms with Crippen molar-refractivity contribution in [2.45, 2.75) is 5.33 Å². The Kier molecular flexibility index (Phi) is 4.80. The van der Waals surface area contributed by atoms with Gasteiger partial charge in [0, 0.05) is 37.2 Å². The summed E-state index contributed by atoms with van der Waals surface area (Å²) in [6.07, 6.45) is 0. The Hall–Kier alpha value is -2.08. The average molecular weight is 351 g/mol. The Bertz CT molecular complexity index is 659. The van der Waals surface area contributed by atoms with Crippen LogP contribution in [0.25, 0.3) is 0 Å². The molecule has 0 bridgehead atoms. The monoisotopic (exact) mass is 350 g/mol. The van der Waals surface area contributed by atoms with Crippen LogP contribution in [0.4, 0.5) is 11.4 Å². The molecule has 0 atom stereocenters. The number of anilines is 1. The lowest BCUT2D eigenvalue weighted by molar-refractivity contribution is -0.385. The number of rotatable bonds is 5. The average Bonchev–Trinajstić information content (AvgIpc) is 2.47. The third-order valence-electron chi connectivity index (χ3n) is 2.94. The molecule has 0 fully saturated rings. The van der Waals surface area contributed by atoms with Crippen LogP contribution in [0.2, 0.25) is 0 Å². The van der Waals surface area contributed by atoms with Crippen LogP contribution in [0.1, 0.15) is 5.56 Å². The molecule has 0 aromatic heterocycles. The van der Waals surface area contributed by atoms with Crippen molar-refractivity contribution in [2.24, 2.45) is 0 Å². The Balaban J connectivity index is 2.35. The molecule has 6 heteroatoms. The molecule has 0 saturated heterocycles. The maximum atomic E-state index is 11.2. The number of nitro groups is 1. The van der Waals surface area contributed by atoms with Gasteiger partial charge in [-0.3, -0.25) is 10.1 Å². The van der Waals surface area contributed by atoms with Crippen LogP contribution in [0, 0.1) is 10.1 Å². The highest BCUT2D eigenvalue weighted by molar-refractivity contribution is 9.08. The van der Waals surface area contributed by atoms with Gasteiger partial charge in [-0.15, -0.1) is 0 Å². The van der Waals surface area contributed by atoms with Gasteiger partial charge in [0.15, 0.2) is 0 Å². The van der Waals surface area contributed by atoms with E-state index in [1.54, 1.807) is 18.2 Å². The van der Waals surface area contributed by atoms with E-state index in [0.29, 0.717) is 11.1 Å². The lowest BCUT2D eigenvalue weighted by Crippen LogP contribution is -2.08. The van der Waals surface area contributed by atoms with Crippen molar-refractivity contribution in [1.29, 1.82) is 0 Å². The first kappa shape index (κ1) is 15.3. The summed E-state index contributed by atoms with van der Waals surface area (Å²) in [4.78, 5) is 12.7. The van der Waals surface area contributed by atoms with Crippen molar-refractivity contribution in [1.82, 2.24) is 0 Å². The Labute approximate surface area is 131 Å². The summed E-state index contributed by atoms with van der Waals surface area (Å²) >= 11 is 3.29. The molecule has 2 rings (SSSR count). The van der Waals surface area contributed by atoms with Crippen LogP contribution in [0.5, 0.6) is 11.5 Å². The Morgan fingerprint density at radius 2 is 2.00 bits per heavy atom. The summed E-state index contributed by atoms with van der Waals surface area (Å²) in [5.74, 6) is 0.802. The molecule has 0 amide bonds. The SMILES string of the molecule is CN(C)c1cccc(Oc2ccc(CBr)cc2[N+](=O)[O-])c1. The molecule has 0 heterocycles. The zero-order chi connectivity index (χ0) is 15.4. The van der Waals surface area contributed by atoms with Gasteiger partial charge in [-0.25, -0.2) is 0 Å². The summed E-state index contributed by atoms with van der Waals surface area (Å²) in [7, 11) is 3.85. The summed E-state index contributed by atoms with van der Waals surface area (Å²) in [6.45, 7) is 0. The number of hydrogen-bond donors (Lipinski definition) is 0. The molecule has 0 N–H and O–H groups in total. The molecule has 0 saturated carbocycles. The molecular weight excluding hydrogens is 336 g/mol. The van der Waals surface area contributed by atoms with Gasteiger partial charge in [-0.1, -0.05) is 28.1 Å². The number of nitro benzene ring substituents is 1. The summed E-state index contributed by atoms with van der Waals surface area (Å²) in [5.41, 5.74) is 1.76. The lowest BCUT2D eigenvalue weighted by atomic mass is 10.2. The van der Waals surface area contributed by atoms with E-state index in [-0.39, 0.29) is 11.4 Å². The fraction of sp³-hybridized carbons (Fsp3) is 0.200. The van der Waals surface area contributed by atoms with E-state index in [2.05, 4.69) is 15.9 Å². The van der Waals surface area contributed by atoms with Gasteiger partial charge in [0.25, 0.3) is 0 Å². The molecule has 0 aliphatic rings. The minimum atomic E-state index is -0.433. The topological polar surface area (TPSA) is 55.6 Å². The fourth-order valence-corrected chi connectivity index (χ4v) is 2.18. The maximum absolute atomic E-state index is 11.2. The van der Waals surface area contributed by atoms with Crippen molar-refractivity contribution >= 4 is 27.3 Å². The van der Waals surface area contributed by atoms with Crippen LogP contribution in [0.3, 0.4) is 0 Å². The molecule has 2 aromatic carbocycles. The van der Waals surface area contributed by atoms with Gasteiger partial charge in [0.1, 0.15) is 5.75 Å². The first-order valence-corrected chi connectivity index (χ1v) is 7.42. The lowest BCUT2D eigenvalue weighted by Gasteiger charge is -2.14. The van der Waals surface area contributed by atoms with E-state index in [9.17, 15) is 10.1 Å². The highest BCUT2D eigenvalue weighted by Gasteiger charge is 2.16. The highest BCUT2D eigenvalue weighted by atomic mass is 79.9. The molecule has 0 unspecified atom stereocenters.